The lowest BCUT2D eigenvalue weighted by Gasteiger charge is -2.22. The summed E-state index contributed by atoms with van der Waals surface area (Å²) in [5.74, 6) is 0.591. The molecular weight excluding hydrogens is 224 g/mol. The van der Waals surface area contributed by atoms with Crippen molar-refractivity contribution in [2.75, 3.05) is 0 Å². The number of aliphatic hydroxyl groups is 1. The Morgan fingerprint density at radius 3 is 2.28 bits per heavy atom. The van der Waals surface area contributed by atoms with Gasteiger partial charge in [0.1, 0.15) is 0 Å². The fourth-order valence-corrected chi connectivity index (χ4v) is 2.40. The summed E-state index contributed by atoms with van der Waals surface area (Å²) in [6.45, 7) is 10.8. The van der Waals surface area contributed by atoms with Crippen LogP contribution in [0.3, 0.4) is 0 Å². The molecule has 3 nitrogen and oxygen atoms in total. The Kier molecular flexibility index (Phi) is 4.97. The first-order valence-corrected chi connectivity index (χ1v) is 7.01. The van der Waals surface area contributed by atoms with E-state index in [1.54, 1.807) is 0 Å². The van der Waals surface area contributed by atoms with Gasteiger partial charge in [-0.3, -0.25) is 4.68 Å². The molecular formula is C15H28N2O. The van der Waals surface area contributed by atoms with Gasteiger partial charge in [0.05, 0.1) is 11.8 Å². The van der Waals surface area contributed by atoms with E-state index in [1.165, 1.54) is 0 Å². The van der Waals surface area contributed by atoms with Crippen LogP contribution >= 0.6 is 0 Å². The number of aromatic nitrogens is 2. The number of hydrogen-bond acceptors (Lipinski definition) is 2. The minimum atomic E-state index is -0.391. The molecule has 0 radical (unpaired) electrons. The van der Waals surface area contributed by atoms with Crippen LogP contribution in [0.1, 0.15) is 71.2 Å². The molecule has 0 bridgehead atoms. The predicted molar refractivity (Wildman–Crippen MR) is 75.6 cm³/mol. The van der Waals surface area contributed by atoms with Gasteiger partial charge in [-0.25, -0.2) is 0 Å². The molecule has 3 heteroatoms. The molecule has 18 heavy (non-hydrogen) atoms. The van der Waals surface area contributed by atoms with Crippen molar-refractivity contribution >= 4 is 0 Å². The molecule has 1 N–H and O–H groups in total. The minimum Gasteiger partial charge on any atom is -0.388 e. The minimum absolute atomic E-state index is 0.0223. The molecule has 0 saturated heterocycles. The second kappa shape index (κ2) is 5.87. The second-order valence-electron chi connectivity index (χ2n) is 6.29. The second-order valence-corrected chi connectivity index (χ2v) is 6.29. The van der Waals surface area contributed by atoms with Crippen LogP contribution in [-0.4, -0.2) is 14.9 Å². The predicted octanol–water partition coefficient (Wildman–Crippen LogP) is 3.58. The van der Waals surface area contributed by atoms with Gasteiger partial charge < -0.3 is 5.11 Å². The van der Waals surface area contributed by atoms with E-state index in [9.17, 15) is 5.11 Å². The van der Waals surface area contributed by atoms with E-state index in [2.05, 4.69) is 39.7 Å². The summed E-state index contributed by atoms with van der Waals surface area (Å²) in [7, 11) is 1.92. The lowest BCUT2D eigenvalue weighted by molar-refractivity contribution is 0.139. The molecule has 1 rings (SSSR count). The van der Waals surface area contributed by atoms with E-state index in [4.69, 9.17) is 0 Å². The van der Waals surface area contributed by atoms with E-state index in [0.717, 1.165) is 30.5 Å². The van der Waals surface area contributed by atoms with E-state index < -0.39 is 6.10 Å². The van der Waals surface area contributed by atoms with Gasteiger partial charge in [-0.15, -0.1) is 0 Å². The van der Waals surface area contributed by atoms with E-state index in [1.807, 2.05) is 17.9 Å². The summed E-state index contributed by atoms with van der Waals surface area (Å²) in [5, 5.41) is 15.0. The third-order valence-electron chi connectivity index (χ3n) is 3.64. The van der Waals surface area contributed by atoms with Crippen molar-refractivity contribution in [3.05, 3.63) is 17.5 Å². The van der Waals surface area contributed by atoms with Crippen molar-refractivity contribution in [2.45, 2.75) is 65.4 Å². The molecule has 0 aliphatic rings. The fourth-order valence-electron chi connectivity index (χ4n) is 2.40. The van der Waals surface area contributed by atoms with Crippen molar-refractivity contribution in [1.82, 2.24) is 9.78 Å². The van der Waals surface area contributed by atoms with Gasteiger partial charge in [-0.1, -0.05) is 47.5 Å². The highest BCUT2D eigenvalue weighted by Crippen LogP contribution is 2.32. The third-order valence-corrected chi connectivity index (χ3v) is 3.64. The Bertz CT molecular complexity index is 372. The van der Waals surface area contributed by atoms with Gasteiger partial charge in [0.25, 0.3) is 0 Å². The van der Waals surface area contributed by atoms with E-state index in [-0.39, 0.29) is 5.41 Å². The maximum atomic E-state index is 10.5. The number of aliphatic hydroxyl groups excluding tert-OH is 1. The first kappa shape index (κ1) is 15.2. The molecule has 1 heterocycles. The largest absolute Gasteiger partial charge is 0.388 e. The van der Waals surface area contributed by atoms with Crippen LogP contribution < -0.4 is 0 Å². The van der Waals surface area contributed by atoms with Crippen molar-refractivity contribution in [3.8, 4) is 0 Å². The van der Waals surface area contributed by atoms with Gasteiger partial charge in [-0.05, 0) is 12.3 Å². The molecule has 1 atom stereocenters. The quantitative estimate of drug-likeness (QED) is 0.870. The molecule has 0 aromatic carbocycles. The maximum Gasteiger partial charge on any atom is 0.0826 e. The molecule has 0 amide bonds. The Morgan fingerprint density at radius 2 is 1.83 bits per heavy atom. The first-order chi connectivity index (χ1) is 8.29. The smallest absolute Gasteiger partial charge is 0.0826 e. The Balaban J connectivity index is 2.95. The van der Waals surface area contributed by atoms with Crippen molar-refractivity contribution in [2.24, 2.45) is 13.0 Å². The Hall–Kier alpha value is -0.830. The summed E-state index contributed by atoms with van der Waals surface area (Å²) in [5.41, 5.74) is 1.99. The van der Waals surface area contributed by atoms with Crippen molar-refractivity contribution in [3.63, 3.8) is 0 Å². The van der Waals surface area contributed by atoms with E-state index >= 15 is 0 Å². The molecule has 0 aliphatic carbocycles. The summed E-state index contributed by atoms with van der Waals surface area (Å²) in [6.07, 6.45) is 4.66. The number of hydrogen-bond donors (Lipinski definition) is 1. The van der Waals surface area contributed by atoms with Gasteiger partial charge in [0.15, 0.2) is 0 Å². The van der Waals surface area contributed by atoms with Gasteiger partial charge in [-0.2, -0.15) is 5.10 Å². The third kappa shape index (κ3) is 3.58. The number of nitrogens with zero attached hydrogens (tertiary/aromatic N) is 2. The van der Waals surface area contributed by atoms with Crippen molar-refractivity contribution < 1.29 is 5.11 Å². The summed E-state index contributed by atoms with van der Waals surface area (Å²) >= 11 is 0. The molecule has 0 fully saturated rings. The van der Waals surface area contributed by atoms with Crippen LogP contribution in [0.2, 0.25) is 0 Å². The molecule has 1 unspecified atom stereocenters. The highest BCUT2D eigenvalue weighted by atomic mass is 16.3. The van der Waals surface area contributed by atoms with Crippen molar-refractivity contribution in [1.29, 1.82) is 0 Å². The topological polar surface area (TPSA) is 38.0 Å². The first-order valence-electron chi connectivity index (χ1n) is 7.01. The number of aryl methyl sites for hydroxylation is 1. The molecule has 1 aromatic rings. The Labute approximate surface area is 111 Å². The highest BCUT2D eigenvalue weighted by Gasteiger charge is 2.26. The van der Waals surface area contributed by atoms with Crippen LogP contribution in [-0.2, 0) is 12.5 Å². The van der Waals surface area contributed by atoms with Crippen LogP contribution in [0, 0.1) is 5.92 Å². The number of rotatable bonds is 5. The zero-order valence-electron chi connectivity index (χ0n) is 12.7. The fraction of sp³-hybridized carbons (Fsp3) is 0.800. The Morgan fingerprint density at radius 1 is 1.28 bits per heavy atom. The molecule has 1 aromatic heterocycles. The van der Waals surface area contributed by atoms with Gasteiger partial charge in [0.2, 0.25) is 0 Å². The zero-order valence-corrected chi connectivity index (χ0v) is 12.7. The summed E-state index contributed by atoms with van der Waals surface area (Å²) in [6, 6.07) is 0. The SMILES string of the molecule is CCC(CC)CC(O)c1cn(C)nc1C(C)(C)C. The van der Waals surface area contributed by atoms with Crippen LogP contribution in [0.5, 0.6) is 0 Å². The summed E-state index contributed by atoms with van der Waals surface area (Å²) < 4.78 is 1.81. The lowest BCUT2D eigenvalue weighted by Crippen LogP contribution is -2.17. The lowest BCUT2D eigenvalue weighted by atomic mass is 9.85. The maximum absolute atomic E-state index is 10.5. The zero-order chi connectivity index (χ0) is 13.9. The molecule has 0 spiro atoms. The van der Waals surface area contributed by atoms with E-state index in [0.29, 0.717) is 5.92 Å². The average molecular weight is 252 g/mol. The molecule has 104 valence electrons. The van der Waals surface area contributed by atoms with Crippen LogP contribution in [0.15, 0.2) is 6.20 Å². The monoisotopic (exact) mass is 252 g/mol. The summed E-state index contributed by atoms with van der Waals surface area (Å²) in [4.78, 5) is 0. The highest BCUT2D eigenvalue weighted by molar-refractivity contribution is 5.26. The normalized spacial score (nSPS) is 14.2. The molecule has 0 aliphatic heterocycles. The van der Waals surface area contributed by atoms with Crippen LogP contribution in [0.4, 0.5) is 0 Å². The van der Waals surface area contributed by atoms with Gasteiger partial charge >= 0.3 is 0 Å². The average Bonchev–Trinajstić information content (AvgIpc) is 2.67. The van der Waals surface area contributed by atoms with Gasteiger partial charge in [0, 0.05) is 24.2 Å². The standard InChI is InChI=1S/C15H28N2O/c1-7-11(8-2)9-13(18)12-10-17(6)16-14(12)15(3,4)5/h10-11,13,18H,7-9H2,1-6H3. The van der Waals surface area contributed by atoms with Crippen LogP contribution in [0.25, 0.3) is 0 Å². The molecule has 0 saturated carbocycles.